The van der Waals surface area contributed by atoms with Crippen LogP contribution in [0.2, 0.25) is 0 Å². The molecule has 0 radical (unpaired) electrons. The maximum absolute atomic E-state index is 12.9. The summed E-state index contributed by atoms with van der Waals surface area (Å²) >= 11 is 0. The Morgan fingerprint density at radius 3 is 2.27 bits per heavy atom. The monoisotopic (exact) mass is 343 g/mol. The topological polar surface area (TPSA) is 39.3 Å². The predicted molar refractivity (Wildman–Crippen MR) is 105 cm³/mol. The molecule has 0 N–H and O–H groups in total. The summed E-state index contributed by atoms with van der Waals surface area (Å²) in [6.07, 6.45) is 5.56. The molecule has 2 heterocycles. The van der Waals surface area contributed by atoms with E-state index in [-0.39, 0.29) is 5.56 Å². The summed E-state index contributed by atoms with van der Waals surface area (Å²) in [6, 6.07) is 16.3. The van der Waals surface area contributed by atoms with Gasteiger partial charge >= 0.3 is 0 Å². The van der Waals surface area contributed by atoms with E-state index in [1.165, 1.54) is 11.1 Å². The van der Waals surface area contributed by atoms with Crippen molar-refractivity contribution in [2.45, 2.75) is 26.7 Å². The molecular formula is C22H21N3O. The minimum Gasteiger partial charge on any atom is -0.300 e. The molecule has 0 unspecified atom stereocenters. The van der Waals surface area contributed by atoms with Crippen molar-refractivity contribution < 1.29 is 0 Å². The SMILES string of the molecule is Cc1ccc(-c2cn3ccn(-c4ccc(C(C)C)cc4)c(=O)c3n2)cc1. The first-order valence-corrected chi connectivity index (χ1v) is 8.80. The van der Waals surface area contributed by atoms with Crippen molar-refractivity contribution in [1.82, 2.24) is 14.0 Å². The Labute approximate surface area is 152 Å². The first kappa shape index (κ1) is 16.3. The van der Waals surface area contributed by atoms with Crippen LogP contribution in [0.25, 0.3) is 22.6 Å². The zero-order valence-electron chi connectivity index (χ0n) is 15.2. The van der Waals surface area contributed by atoms with Crippen LogP contribution in [0.15, 0.2) is 71.9 Å². The summed E-state index contributed by atoms with van der Waals surface area (Å²) < 4.78 is 3.43. The van der Waals surface area contributed by atoms with Crippen LogP contribution in [0, 0.1) is 6.92 Å². The van der Waals surface area contributed by atoms with E-state index in [1.54, 1.807) is 15.2 Å². The van der Waals surface area contributed by atoms with E-state index in [0.717, 1.165) is 16.9 Å². The second-order valence-electron chi connectivity index (χ2n) is 6.94. The molecule has 4 nitrogen and oxygen atoms in total. The molecule has 0 saturated carbocycles. The average molecular weight is 343 g/mol. The van der Waals surface area contributed by atoms with E-state index in [0.29, 0.717) is 11.6 Å². The third-order valence-electron chi connectivity index (χ3n) is 4.70. The molecule has 4 heteroatoms. The van der Waals surface area contributed by atoms with Gasteiger partial charge in [-0.15, -0.1) is 0 Å². The normalized spacial score (nSPS) is 11.4. The molecule has 0 aliphatic heterocycles. The Balaban J connectivity index is 1.79. The van der Waals surface area contributed by atoms with Crippen molar-refractivity contribution in [2.75, 3.05) is 0 Å². The smallest absolute Gasteiger partial charge is 0.298 e. The van der Waals surface area contributed by atoms with Gasteiger partial charge in [0.05, 0.1) is 5.69 Å². The van der Waals surface area contributed by atoms with Gasteiger partial charge in [0.1, 0.15) is 0 Å². The molecule has 0 atom stereocenters. The van der Waals surface area contributed by atoms with Crippen LogP contribution < -0.4 is 5.56 Å². The molecule has 0 spiro atoms. The molecule has 130 valence electrons. The quantitative estimate of drug-likeness (QED) is 0.546. The van der Waals surface area contributed by atoms with E-state index in [2.05, 4.69) is 37.9 Å². The maximum Gasteiger partial charge on any atom is 0.298 e. The summed E-state index contributed by atoms with van der Waals surface area (Å²) in [5, 5.41) is 0. The van der Waals surface area contributed by atoms with Gasteiger partial charge in [0.2, 0.25) is 5.65 Å². The lowest BCUT2D eigenvalue weighted by atomic mass is 10.0. The van der Waals surface area contributed by atoms with Gasteiger partial charge in [0.25, 0.3) is 5.56 Å². The Bertz CT molecular complexity index is 1120. The van der Waals surface area contributed by atoms with Crippen LogP contribution in [0.5, 0.6) is 0 Å². The van der Waals surface area contributed by atoms with Gasteiger partial charge < -0.3 is 4.40 Å². The number of hydrogen-bond acceptors (Lipinski definition) is 2. The summed E-state index contributed by atoms with van der Waals surface area (Å²) in [4.78, 5) is 17.5. The molecule has 0 aliphatic rings. The predicted octanol–water partition coefficient (Wildman–Crippen LogP) is 4.58. The van der Waals surface area contributed by atoms with Gasteiger partial charge in [-0.25, -0.2) is 4.98 Å². The Kier molecular flexibility index (Phi) is 3.96. The highest BCUT2D eigenvalue weighted by atomic mass is 16.1. The molecule has 26 heavy (non-hydrogen) atoms. The molecule has 0 fully saturated rings. The minimum absolute atomic E-state index is 0.122. The summed E-state index contributed by atoms with van der Waals surface area (Å²) in [6.45, 7) is 6.37. The third-order valence-corrected chi connectivity index (χ3v) is 4.70. The Hall–Kier alpha value is -3.14. The van der Waals surface area contributed by atoms with Crippen molar-refractivity contribution in [3.8, 4) is 16.9 Å². The number of aromatic nitrogens is 3. The molecule has 4 aromatic rings. The Morgan fingerprint density at radius 1 is 0.923 bits per heavy atom. The number of fused-ring (bicyclic) bond motifs is 1. The average Bonchev–Trinajstić information content (AvgIpc) is 3.08. The molecule has 2 aromatic carbocycles. The number of rotatable bonds is 3. The molecule has 0 saturated heterocycles. The van der Waals surface area contributed by atoms with Crippen molar-refractivity contribution in [2.24, 2.45) is 0 Å². The van der Waals surface area contributed by atoms with Crippen LogP contribution >= 0.6 is 0 Å². The fourth-order valence-electron chi connectivity index (χ4n) is 3.07. The third kappa shape index (κ3) is 2.84. The lowest BCUT2D eigenvalue weighted by Crippen LogP contribution is -2.19. The standard InChI is InChI=1S/C22H21N3O/c1-15(2)17-8-10-19(11-9-17)25-13-12-24-14-20(23-21(24)22(25)26)18-6-4-16(3)5-7-18/h4-15H,1-3H3. The van der Waals surface area contributed by atoms with Gasteiger partial charge in [-0.2, -0.15) is 0 Å². The second-order valence-corrected chi connectivity index (χ2v) is 6.94. The van der Waals surface area contributed by atoms with Gasteiger partial charge in [-0.05, 0) is 30.5 Å². The highest BCUT2D eigenvalue weighted by Gasteiger charge is 2.10. The first-order chi connectivity index (χ1) is 12.5. The van der Waals surface area contributed by atoms with E-state index in [1.807, 2.05) is 48.8 Å². The molecule has 4 rings (SSSR count). The van der Waals surface area contributed by atoms with E-state index >= 15 is 0 Å². The van der Waals surface area contributed by atoms with Gasteiger partial charge in [-0.1, -0.05) is 55.8 Å². The number of nitrogens with zero attached hydrogens (tertiary/aromatic N) is 3. The number of hydrogen-bond donors (Lipinski definition) is 0. The van der Waals surface area contributed by atoms with E-state index in [4.69, 9.17) is 0 Å². The van der Waals surface area contributed by atoms with Crippen molar-refractivity contribution >= 4 is 5.65 Å². The minimum atomic E-state index is -0.122. The molecule has 2 aromatic heterocycles. The maximum atomic E-state index is 12.9. The van der Waals surface area contributed by atoms with Crippen LogP contribution in [0.4, 0.5) is 0 Å². The number of imidazole rings is 1. The number of benzene rings is 2. The highest BCUT2D eigenvalue weighted by Crippen LogP contribution is 2.19. The zero-order chi connectivity index (χ0) is 18.3. The lowest BCUT2D eigenvalue weighted by molar-refractivity contribution is 0.863. The lowest BCUT2D eigenvalue weighted by Gasteiger charge is -2.09. The highest BCUT2D eigenvalue weighted by molar-refractivity contribution is 5.62. The summed E-state index contributed by atoms with van der Waals surface area (Å²) in [7, 11) is 0. The zero-order valence-corrected chi connectivity index (χ0v) is 15.2. The van der Waals surface area contributed by atoms with Gasteiger partial charge in [0, 0.05) is 29.8 Å². The fourth-order valence-corrected chi connectivity index (χ4v) is 3.07. The van der Waals surface area contributed by atoms with Crippen LogP contribution in [-0.4, -0.2) is 14.0 Å². The molecule has 0 aliphatic carbocycles. The van der Waals surface area contributed by atoms with Crippen LogP contribution in [0.3, 0.4) is 0 Å². The van der Waals surface area contributed by atoms with Gasteiger partial charge in [-0.3, -0.25) is 9.36 Å². The van der Waals surface area contributed by atoms with Crippen molar-refractivity contribution in [3.05, 3.63) is 88.6 Å². The largest absolute Gasteiger partial charge is 0.300 e. The Morgan fingerprint density at radius 2 is 1.62 bits per heavy atom. The molecular weight excluding hydrogens is 322 g/mol. The van der Waals surface area contributed by atoms with Crippen molar-refractivity contribution in [3.63, 3.8) is 0 Å². The van der Waals surface area contributed by atoms with E-state index < -0.39 is 0 Å². The second kappa shape index (κ2) is 6.30. The van der Waals surface area contributed by atoms with Gasteiger partial charge in [0.15, 0.2) is 0 Å². The number of aryl methyl sites for hydroxylation is 1. The summed E-state index contributed by atoms with van der Waals surface area (Å²) in [5.41, 5.74) is 5.41. The summed E-state index contributed by atoms with van der Waals surface area (Å²) in [5.74, 6) is 0.465. The van der Waals surface area contributed by atoms with Crippen LogP contribution in [-0.2, 0) is 0 Å². The molecule has 0 amide bonds. The van der Waals surface area contributed by atoms with E-state index in [9.17, 15) is 4.79 Å². The fraction of sp³-hybridized carbons (Fsp3) is 0.182. The molecule has 0 bridgehead atoms. The van der Waals surface area contributed by atoms with Crippen LogP contribution in [0.1, 0.15) is 30.9 Å². The van der Waals surface area contributed by atoms with Crippen molar-refractivity contribution in [1.29, 1.82) is 0 Å². The first-order valence-electron chi connectivity index (χ1n) is 8.80.